The summed E-state index contributed by atoms with van der Waals surface area (Å²) in [5, 5.41) is 0. The van der Waals surface area contributed by atoms with Gasteiger partial charge < -0.3 is 9.04 Å². The molecular formula is C18H39NO3S. The van der Waals surface area contributed by atoms with Crippen LogP contribution < -0.4 is 0 Å². The van der Waals surface area contributed by atoms with Crippen molar-refractivity contribution in [1.29, 1.82) is 0 Å². The van der Waals surface area contributed by atoms with E-state index in [4.69, 9.17) is 13.0 Å². The second-order valence-corrected chi connectivity index (χ2v) is 8.53. The highest BCUT2D eigenvalue weighted by molar-refractivity contribution is 7.84. The van der Waals surface area contributed by atoms with Crippen molar-refractivity contribution in [3.05, 3.63) is 0 Å². The summed E-state index contributed by atoms with van der Waals surface area (Å²) in [5.74, 6) is 0. The van der Waals surface area contributed by atoms with Gasteiger partial charge in [0.2, 0.25) is 0 Å². The van der Waals surface area contributed by atoms with E-state index in [1.807, 2.05) is 0 Å². The van der Waals surface area contributed by atoms with Gasteiger partial charge in [0.05, 0.1) is 36.3 Å². The van der Waals surface area contributed by atoms with Gasteiger partial charge in [0.25, 0.3) is 0 Å². The standard InChI is InChI=1S/C17H36N.CH4O3S/c1-3-5-6-7-8-9-11-15-18(14-4-2)16-12-10-13-17-18;1-5(2,3)4/h3-17H2,1-2H3;1H3,(H,2,3,4)/q+1;/p-1. The molecule has 0 aromatic rings. The number of hydrogen-bond donors (Lipinski definition) is 0. The minimum Gasteiger partial charge on any atom is -0.748 e. The molecular weight excluding hydrogens is 310 g/mol. The molecule has 1 aliphatic heterocycles. The minimum atomic E-state index is -3.92. The summed E-state index contributed by atoms with van der Waals surface area (Å²) in [6.45, 7) is 10.5. The Morgan fingerprint density at radius 3 is 1.74 bits per heavy atom. The molecule has 0 aromatic heterocycles. The first-order valence-corrected chi connectivity index (χ1v) is 11.4. The maximum atomic E-state index is 9.08. The van der Waals surface area contributed by atoms with Crippen molar-refractivity contribution < 1.29 is 17.5 Å². The molecule has 1 heterocycles. The highest BCUT2D eigenvalue weighted by Gasteiger charge is 2.27. The highest BCUT2D eigenvalue weighted by Crippen LogP contribution is 2.21. The van der Waals surface area contributed by atoms with Gasteiger partial charge in [0.1, 0.15) is 0 Å². The van der Waals surface area contributed by atoms with Crippen molar-refractivity contribution in [1.82, 2.24) is 0 Å². The molecule has 0 atom stereocenters. The average molecular weight is 350 g/mol. The Morgan fingerprint density at radius 2 is 1.26 bits per heavy atom. The predicted molar refractivity (Wildman–Crippen MR) is 97.5 cm³/mol. The Balaban J connectivity index is 0.000000841. The molecule has 140 valence electrons. The summed E-state index contributed by atoms with van der Waals surface area (Å²) >= 11 is 0. The Kier molecular flexibility index (Phi) is 13.1. The summed E-state index contributed by atoms with van der Waals surface area (Å²) < 4.78 is 28.7. The van der Waals surface area contributed by atoms with Gasteiger partial charge in [-0.1, -0.05) is 46.0 Å². The molecule has 0 unspecified atom stereocenters. The molecule has 4 nitrogen and oxygen atoms in total. The minimum absolute atomic E-state index is 0.604. The van der Waals surface area contributed by atoms with Gasteiger partial charge in [-0.05, 0) is 38.5 Å². The Morgan fingerprint density at radius 1 is 0.783 bits per heavy atom. The maximum absolute atomic E-state index is 9.08. The third-order valence-corrected chi connectivity index (χ3v) is 4.70. The molecule has 1 rings (SSSR count). The number of nitrogens with zero attached hydrogens (tertiary/aromatic N) is 1. The van der Waals surface area contributed by atoms with Crippen molar-refractivity contribution in [3.63, 3.8) is 0 Å². The van der Waals surface area contributed by atoms with E-state index in [9.17, 15) is 0 Å². The normalized spacial score (nSPS) is 17.4. The predicted octanol–water partition coefficient (Wildman–Crippen LogP) is 4.31. The highest BCUT2D eigenvalue weighted by atomic mass is 32.2. The zero-order valence-corrected chi connectivity index (χ0v) is 16.5. The van der Waals surface area contributed by atoms with Crippen LogP contribution in [0.2, 0.25) is 0 Å². The summed E-state index contributed by atoms with van der Waals surface area (Å²) in [6.07, 6.45) is 16.6. The van der Waals surface area contributed by atoms with Crippen LogP contribution in [0.1, 0.15) is 84.5 Å². The van der Waals surface area contributed by atoms with Crippen LogP contribution >= 0.6 is 0 Å². The first-order chi connectivity index (χ1) is 10.8. The first kappa shape index (κ1) is 22.9. The topological polar surface area (TPSA) is 57.2 Å². The van der Waals surface area contributed by atoms with Crippen LogP contribution in [0.5, 0.6) is 0 Å². The van der Waals surface area contributed by atoms with Crippen LogP contribution in [-0.2, 0) is 10.1 Å². The van der Waals surface area contributed by atoms with E-state index in [-0.39, 0.29) is 0 Å². The van der Waals surface area contributed by atoms with Crippen molar-refractivity contribution in [3.8, 4) is 0 Å². The number of piperidine rings is 1. The average Bonchev–Trinajstić information content (AvgIpc) is 2.46. The molecule has 0 spiro atoms. The lowest BCUT2D eigenvalue weighted by atomic mass is 10.0. The molecule has 0 saturated carbocycles. The van der Waals surface area contributed by atoms with Gasteiger partial charge in [-0.15, -0.1) is 0 Å². The Hall–Kier alpha value is -0.130. The quantitative estimate of drug-likeness (QED) is 0.335. The number of rotatable bonds is 10. The Labute approximate surface area is 145 Å². The zero-order chi connectivity index (χ0) is 17.6. The Bertz CT molecular complexity index is 349. The number of hydrogen-bond acceptors (Lipinski definition) is 3. The van der Waals surface area contributed by atoms with Gasteiger partial charge in [0.15, 0.2) is 0 Å². The van der Waals surface area contributed by atoms with Crippen molar-refractivity contribution in [2.24, 2.45) is 0 Å². The lowest BCUT2D eigenvalue weighted by Crippen LogP contribution is -2.52. The van der Waals surface area contributed by atoms with Crippen LogP contribution in [0.4, 0.5) is 0 Å². The summed E-state index contributed by atoms with van der Waals surface area (Å²) in [7, 11) is -3.92. The summed E-state index contributed by atoms with van der Waals surface area (Å²) in [5.41, 5.74) is 0. The SMILES string of the molecule is CCCCCCCCC[N+]1(CCC)CCCCC1.CS(=O)(=O)[O-]. The van der Waals surface area contributed by atoms with Crippen LogP contribution in [-0.4, -0.2) is 49.9 Å². The molecule has 0 radical (unpaired) electrons. The van der Waals surface area contributed by atoms with E-state index in [1.54, 1.807) is 0 Å². The smallest absolute Gasteiger partial charge is 0.0916 e. The fraction of sp³-hybridized carbons (Fsp3) is 1.00. The van der Waals surface area contributed by atoms with Crippen molar-refractivity contribution in [2.45, 2.75) is 84.5 Å². The van der Waals surface area contributed by atoms with Crippen LogP contribution in [0, 0.1) is 0 Å². The van der Waals surface area contributed by atoms with Crippen molar-refractivity contribution in [2.75, 3.05) is 32.4 Å². The fourth-order valence-corrected chi connectivity index (χ4v) is 3.62. The number of quaternary nitrogens is 1. The number of likely N-dealkylation sites (tertiary alicyclic amines) is 1. The monoisotopic (exact) mass is 349 g/mol. The van der Waals surface area contributed by atoms with Crippen LogP contribution in [0.25, 0.3) is 0 Å². The summed E-state index contributed by atoms with van der Waals surface area (Å²) in [4.78, 5) is 0. The zero-order valence-electron chi connectivity index (χ0n) is 15.7. The lowest BCUT2D eigenvalue weighted by Gasteiger charge is -2.41. The van der Waals surface area contributed by atoms with Gasteiger partial charge in [-0.3, -0.25) is 0 Å². The molecule has 0 N–H and O–H groups in total. The van der Waals surface area contributed by atoms with Gasteiger partial charge in [-0.25, -0.2) is 8.42 Å². The van der Waals surface area contributed by atoms with Gasteiger partial charge in [0, 0.05) is 6.26 Å². The van der Waals surface area contributed by atoms with Crippen LogP contribution in [0.15, 0.2) is 0 Å². The third-order valence-electron chi connectivity index (χ3n) is 4.70. The van der Waals surface area contributed by atoms with E-state index in [0.717, 1.165) is 0 Å². The summed E-state index contributed by atoms with van der Waals surface area (Å²) in [6, 6.07) is 0. The second kappa shape index (κ2) is 13.2. The third kappa shape index (κ3) is 15.2. The first-order valence-electron chi connectivity index (χ1n) is 9.59. The molecule has 23 heavy (non-hydrogen) atoms. The molecule has 0 aliphatic carbocycles. The molecule has 0 aromatic carbocycles. The molecule has 0 amide bonds. The largest absolute Gasteiger partial charge is 0.748 e. The second-order valence-electron chi connectivity index (χ2n) is 7.12. The van der Waals surface area contributed by atoms with E-state index >= 15 is 0 Å². The molecule has 1 fully saturated rings. The molecule has 1 aliphatic rings. The van der Waals surface area contributed by atoms with Gasteiger partial charge >= 0.3 is 0 Å². The number of unbranched alkanes of at least 4 members (excludes halogenated alkanes) is 6. The van der Waals surface area contributed by atoms with E-state index in [2.05, 4.69) is 13.8 Å². The van der Waals surface area contributed by atoms with Crippen LogP contribution in [0.3, 0.4) is 0 Å². The van der Waals surface area contributed by atoms with Crippen molar-refractivity contribution >= 4 is 10.1 Å². The van der Waals surface area contributed by atoms with Gasteiger partial charge in [-0.2, -0.15) is 0 Å². The van der Waals surface area contributed by atoms with E-state index in [1.165, 1.54) is 101 Å². The van der Waals surface area contributed by atoms with E-state index in [0.29, 0.717) is 6.26 Å². The lowest BCUT2D eigenvalue weighted by molar-refractivity contribution is -0.932. The molecule has 0 bridgehead atoms. The molecule has 5 heteroatoms. The van der Waals surface area contributed by atoms with E-state index < -0.39 is 10.1 Å². The molecule has 1 saturated heterocycles. The maximum Gasteiger partial charge on any atom is 0.0916 e. The fourth-order valence-electron chi connectivity index (χ4n) is 3.62.